The summed E-state index contributed by atoms with van der Waals surface area (Å²) in [6.45, 7) is 7.04. The van der Waals surface area contributed by atoms with Crippen LogP contribution in [0.1, 0.15) is 25.0 Å². The third kappa shape index (κ3) is 6.21. The molecule has 0 atom stereocenters. The molecule has 1 radical (unpaired) electrons. The Morgan fingerprint density at radius 1 is 1.12 bits per heavy atom. The van der Waals surface area contributed by atoms with E-state index in [0.29, 0.717) is 0 Å². The van der Waals surface area contributed by atoms with Gasteiger partial charge < -0.3 is 5.11 Å². The van der Waals surface area contributed by atoms with Crippen molar-refractivity contribution < 1.29 is 30.0 Å². The summed E-state index contributed by atoms with van der Waals surface area (Å²) >= 11 is 0. The molecule has 1 heterocycles. The Balaban J connectivity index is 0.000000366. The number of aromatic nitrogens is 1. The zero-order chi connectivity index (χ0) is 18.4. The fraction of sp³-hybridized carbons (Fsp3) is 0.182. The number of hydrogen-bond donors (Lipinski definition) is 1. The van der Waals surface area contributed by atoms with Crippen LogP contribution in [0.15, 0.2) is 60.5 Å². The summed E-state index contributed by atoms with van der Waals surface area (Å²) in [4.78, 5) is 14.5. The maximum atomic E-state index is 10.0. The molecule has 0 aliphatic heterocycles. The van der Waals surface area contributed by atoms with Gasteiger partial charge in [0.2, 0.25) is 0 Å². The molecule has 0 fully saturated rings. The van der Waals surface area contributed by atoms with E-state index in [2.05, 4.69) is 61.3 Å². The van der Waals surface area contributed by atoms with Gasteiger partial charge in [0.15, 0.2) is 5.78 Å². The maximum absolute atomic E-state index is 10.0. The second kappa shape index (κ2) is 10.0. The minimum atomic E-state index is -0.125. The van der Waals surface area contributed by atoms with E-state index in [0.717, 1.165) is 22.2 Å². The minimum Gasteiger partial charge on any atom is -0.512 e. The Labute approximate surface area is 168 Å². The summed E-state index contributed by atoms with van der Waals surface area (Å²) in [6, 6.07) is 18.1. The third-order valence-electron chi connectivity index (χ3n) is 3.48. The summed E-state index contributed by atoms with van der Waals surface area (Å²) in [7, 11) is 0. The summed E-state index contributed by atoms with van der Waals surface area (Å²) < 4.78 is 0. The number of pyridine rings is 1. The molecule has 3 nitrogen and oxygen atoms in total. The van der Waals surface area contributed by atoms with Gasteiger partial charge in [-0.15, -0.1) is 34.9 Å². The van der Waals surface area contributed by atoms with Gasteiger partial charge in [0.05, 0.1) is 5.76 Å². The van der Waals surface area contributed by atoms with Gasteiger partial charge in [0, 0.05) is 37.9 Å². The van der Waals surface area contributed by atoms with Crippen LogP contribution in [0.25, 0.3) is 22.0 Å². The predicted octanol–water partition coefficient (Wildman–Crippen LogP) is 5.35. The smallest absolute Gasteiger partial charge is 0.155 e. The van der Waals surface area contributed by atoms with E-state index < -0.39 is 0 Å². The average Bonchev–Trinajstić information content (AvgIpc) is 2.52. The monoisotopic (exact) mass is 525 g/mol. The number of nitrogens with zero attached hydrogens (tertiary/aromatic N) is 1. The number of ketones is 1. The molecule has 0 bridgehead atoms. The van der Waals surface area contributed by atoms with Gasteiger partial charge in [-0.05, 0) is 25.3 Å². The van der Waals surface area contributed by atoms with Gasteiger partial charge in [0.25, 0.3) is 0 Å². The molecule has 0 saturated carbocycles. The fourth-order valence-electron chi connectivity index (χ4n) is 2.66. The molecule has 3 aromatic rings. The molecule has 0 spiro atoms. The van der Waals surface area contributed by atoms with Crippen molar-refractivity contribution in [2.45, 2.75) is 27.7 Å². The molecule has 1 aromatic heterocycles. The molecule has 3 rings (SSSR count). The number of carbonyl (C=O) groups is 1. The van der Waals surface area contributed by atoms with Crippen LogP contribution in [0, 0.1) is 19.9 Å². The zero-order valence-electron chi connectivity index (χ0n) is 15.3. The number of aliphatic hydroxyl groups excluding tert-OH is 1. The molecule has 0 aliphatic rings. The topological polar surface area (TPSA) is 50.2 Å². The number of allylic oxidation sites excluding steroid dienone is 2. The van der Waals surface area contributed by atoms with Crippen LogP contribution in [-0.2, 0) is 24.9 Å². The fourth-order valence-corrected chi connectivity index (χ4v) is 2.66. The molecule has 4 heteroatoms. The first-order valence-electron chi connectivity index (χ1n) is 8.09. The Bertz CT molecular complexity index is 903. The van der Waals surface area contributed by atoms with Crippen molar-refractivity contribution in [1.82, 2.24) is 4.98 Å². The maximum Gasteiger partial charge on any atom is 0.155 e. The number of rotatable bonds is 2. The van der Waals surface area contributed by atoms with Crippen LogP contribution in [0.5, 0.6) is 0 Å². The van der Waals surface area contributed by atoms with Gasteiger partial charge in [-0.2, -0.15) is 0 Å². The van der Waals surface area contributed by atoms with Crippen LogP contribution in [-0.4, -0.2) is 15.9 Å². The Hall–Kier alpha value is -2.29. The molecule has 2 aromatic carbocycles. The van der Waals surface area contributed by atoms with Crippen molar-refractivity contribution in [2.75, 3.05) is 0 Å². The van der Waals surface area contributed by atoms with Crippen LogP contribution >= 0.6 is 0 Å². The number of benzene rings is 2. The Morgan fingerprint density at radius 3 is 2.38 bits per heavy atom. The predicted molar refractivity (Wildman–Crippen MR) is 103 cm³/mol. The van der Waals surface area contributed by atoms with E-state index in [1.165, 1.54) is 30.9 Å². The zero-order valence-corrected chi connectivity index (χ0v) is 17.7. The molecule has 0 saturated heterocycles. The molecular weight excluding hydrogens is 502 g/mol. The summed E-state index contributed by atoms with van der Waals surface area (Å²) in [5, 5.41) is 9.53. The van der Waals surface area contributed by atoms with Crippen LogP contribution in [0.3, 0.4) is 0 Å². The molecule has 137 valence electrons. The van der Waals surface area contributed by atoms with Crippen molar-refractivity contribution in [3.8, 4) is 11.1 Å². The average molecular weight is 525 g/mol. The number of carbonyl (C=O) groups excluding carboxylic acids is 1. The van der Waals surface area contributed by atoms with Gasteiger partial charge in [-0.25, -0.2) is 0 Å². The van der Waals surface area contributed by atoms with E-state index in [-0.39, 0.29) is 31.6 Å². The first-order valence-corrected chi connectivity index (χ1v) is 8.09. The quantitative estimate of drug-likeness (QED) is 0.279. The second-order valence-corrected chi connectivity index (χ2v) is 6.03. The van der Waals surface area contributed by atoms with Crippen molar-refractivity contribution in [3.05, 3.63) is 77.7 Å². The van der Waals surface area contributed by atoms with E-state index in [4.69, 9.17) is 5.11 Å². The van der Waals surface area contributed by atoms with Crippen LogP contribution < -0.4 is 0 Å². The Morgan fingerprint density at radius 2 is 1.81 bits per heavy atom. The number of hydrogen-bond acceptors (Lipinski definition) is 3. The second-order valence-electron chi connectivity index (χ2n) is 6.03. The SMILES string of the molecule is CC(=O)/C=C(/C)O.Cc1[c-]c(-c2cccc3cccnc23)cc(C)c1.[Ir]. The van der Waals surface area contributed by atoms with Crippen LogP contribution in [0.2, 0.25) is 0 Å². The van der Waals surface area contributed by atoms with Gasteiger partial charge >= 0.3 is 0 Å². The first kappa shape index (κ1) is 21.8. The largest absolute Gasteiger partial charge is 0.512 e. The van der Waals surface area contributed by atoms with E-state index >= 15 is 0 Å². The summed E-state index contributed by atoms with van der Waals surface area (Å²) in [6.07, 6.45) is 3.01. The summed E-state index contributed by atoms with van der Waals surface area (Å²) in [5.41, 5.74) is 5.74. The number of aliphatic hydroxyl groups is 1. The van der Waals surface area contributed by atoms with Gasteiger partial charge in [-0.1, -0.05) is 43.7 Å². The van der Waals surface area contributed by atoms with Crippen molar-refractivity contribution in [3.63, 3.8) is 0 Å². The number of fused-ring (bicyclic) bond motifs is 1. The van der Waals surface area contributed by atoms with E-state index in [9.17, 15) is 4.79 Å². The van der Waals surface area contributed by atoms with Crippen molar-refractivity contribution in [1.29, 1.82) is 0 Å². The molecular formula is C22H22IrNO2-. The minimum absolute atomic E-state index is 0. The standard InChI is InChI=1S/C17H14N.C5H8O2.Ir/c1-12-9-13(2)11-15(10-12)16-7-3-5-14-6-4-8-18-17(14)16;1-4(6)3-5(2)7;/h3-10H,1-2H3;3,6H,1-2H3;/q-1;;/b;4-3-;. The third-order valence-corrected chi connectivity index (χ3v) is 3.48. The van der Waals surface area contributed by atoms with Crippen molar-refractivity contribution in [2.24, 2.45) is 0 Å². The van der Waals surface area contributed by atoms with Gasteiger partial charge in [-0.3, -0.25) is 9.78 Å². The van der Waals surface area contributed by atoms with Gasteiger partial charge in [0.1, 0.15) is 0 Å². The molecule has 1 N–H and O–H groups in total. The van der Waals surface area contributed by atoms with Crippen molar-refractivity contribution >= 4 is 16.7 Å². The first-order chi connectivity index (χ1) is 11.9. The molecule has 26 heavy (non-hydrogen) atoms. The molecule has 0 aliphatic carbocycles. The van der Waals surface area contributed by atoms with E-state index in [1.807, 2.05) is 12.3 Å². The Kier molecular flexibility index (Phi) is 8.37. The molecule has 0 amide bonds. The molecule has 0 unspecified atom stereocenters. The summed E-state index contributed by atoms with van der Waals surface area (Å²) in [5.74, 6) is -0.0625. The van der Waals surface area contributed by atoms with Crippen LogP contribution in [0.4, 0.5) is 0 Å². The van der Waals surface area contributed by atoms with E-state index in [1.54, 1.807) is 0 Å². The normalized spacial score (nSPS) is 10.5. The number of aryl methyl sites for hydroxylation is 2. The number of para-hydroxylation sites is 1.